The zero-order valence-corrected chi connectivity index (χ0v) is 8.54. The van der Waals surface area contributed by atoms with Gasteiger partial charge in [-0.2, -0.15) is 0 Å². The molecule has 1 nitrogen and oxygen atoms in total. The molecule has 0 unspecified atom stereocenters. The van der Waals surface area contributed by atoms with Crippen LogP contribution in [0.15, 0.2) is 24.3 Å². The number of fused-ring (bicyclic) bond motifs is 1. The summed E-state index contributed by atoms with van der Waals surface area (Å²) in [5.74, 6) is 0. The Hall–Kier alpha value is -0.340. The largest absolute Gasteiger partial charge is 0.376 e. The van der Waals surface area contributed by atoms with Gasteiger partial charge in [0, 0.05) is 11.9 Å². The smallest absolute Gasteiger partial charge is 0.0951 e. The molecule has 12 heavy (non-hydrogen) atoms. The van der Waals surface area contributed by atoms with Gasteiger partial charge in [-0.25, -0.2) is 0 Å². The predicted molar refractivity (Wildman–Crippen MR) is 52.6 cm³/mol. The van der Waals surface area contributed by atoms with Crippen molar-refractivity contribution in [2.75, 3.05) is 7.11 Å². The number of rotatable bonds is 1. The maximum atomic E-state index is 5.40. The summed E-state index contributed by atoms with van der Waals surface area (Å²) in [5, 5.41) is 0. The second kappa shape index (κ2) is 3.19. The Morgan fingerprint density at radius 3 is 2.92 bits per heavy atom. The normalized spacial score (nSPS) is 27.2. The van der Waals surface area contributed by atoms with Crippen LogP contribution in [0.3, 0.4) is 0 Å². The Labute approximate surface area is 80.9 Å². The summed E-state index contributed by atoms with van der Waals surface area (Å²) in [6.07, 6.45) is 1.32. The highest BCUT2D eigenvalue weighted by Crippen LogP contribution is 2.37. The summed E-state index contributed by atoms with van der Waals surface area (Å²) in [7, 11) is 1.76. The molecule has 0 aromatic heterocycles. The molecule has 1 aromatic carbocycles. The van der Waals surface area contributed by atoms with E-state index in [-0.39, 0.29) is 6.10 Å². The van der Waals surface area contributed by atoms with Crippen LogP contribution in [0.25, 0.3) is 0 Å². The van der Waals surface area contributed by atoms with Gasteiger partial charge in [-0.05, 0) is 17.5 Å². The summed E-state index contributed by atoms with van der Waals surface area (Å²) >= 11 is 3.62. The number of alkyl halides is 1. The maximum Gasteiger partial charge on any atom is 0.0951 e. The number of hydrogen-bond acceptors (Lipinski definition) is 1. The number of ether oxygens (including phenoxy) is 1. The van der Waals surface area contributed by atoms with E-state index >= 15 is 0 Å². The van der Waals surface area contributed by atoms with Crippen molar-refractivity contribution in [3.63, 3.8) is 0 Å². The van der Waals surface area contributed by atoms with Gasteiger partial charge < -0.3 is 4.74 Å². The molecule has 2 heteroatoms. The molecule has 1 aliphatic rings. The first-order valence-corrected chi connectivity index (χ1v) is 4.99. The third-order valence-electron chi connectivity index (χ3n) is 2.36. The van der Waals surface area contributed by atoms with E-state index in [0.717, 1.165) is 6.42 Å². The van der Waals surface area contributed by atoms with Crippen molar-refractivity contribution in [2.24, 2.45) is 0 Å². The minimum atomic E-state index is 0.237. The van der Waals surface area contributed by atoms with Gasteiger partial charge in [-0.15, -0.1) is 0 Å². The van der Waals surface area contributed by atoms with Gasteiger partial charge >= 0.3 is 0 Å². The van der Waals surface area contributed by atoms with Gasteiger partial charge in [0.15, 0.2) is 0 Å². The van der Waals surface area contributed by atoms with Crippen LogP contribution in [0.4, 0.5) is 0 Å². The van der Waals surface area contributed by atoms with E-state index in [4.69, 9.17) is 4.74 Å². The van der Waals surface area contributed by atoms with Gasteiger partial charge in [0.1, 0.15) is 0 Å². The van der Waals surface area contributed by atoms with E-state index in [1.807, 2.05) is 0 Å². The molecule has 0 saturated carbocycles. The van der Waals surface area contributed by atoms with Crippen LogP contribution in [0.5, 0.6) is 0 Å². The molecule has 0 heterocycles. The molecule has 0 bridgehead atoms. The SMILES string of the molecule is CO[C@@H]1c2ccccc2C[C@H]1Br. The van der Waals surface area contributed by atoms with Crippen molar-refractivity contribution in [3.05, 3.63) is 35.4 Å². The first kappa shape index (κ1) is 8.27. The number of benzene rings is 1. The van der Waals surface area contributed by atoms with Crippen molar-refractivity contribution in [2.45, 2.75) is 17.4 Å². The third kappa shape index (κ3) is 1.19. The quantitative estimate of drug-likeness (QED) is 0.670. The second-order valence-corrected chi connectivity index (χ2v) is 4.25. The summed E-state index contributed by atoms with van der Waals surface area (Å²) < 4.78 is 5.40. The highest BCUT2D eigenvalue weighted by Gasteiger charge is 2.29. The van der Waals surface area contributed by atoms with Crippen molar-refractivity contribution in [3.8, 4) is 0 Å². The zero-order chi connectivity index (χ0) is 8.55. The standard InChI is InChI=1S/C10H11BrO/c1-12-10-8-5-3-2-4-7(8)6-9(10)11/h2-5,9-10H,6H2,1H3/t9-,10-/m1/s1. The molecular weight excluding hydrogens is 216 g/mol. The topological polar surface area (TPSA) is 9.23 Å². The lowest BCUT2D eigenvalue weighted by Crippen LogP contribution is -2.07. The number of hydrogen-bond donors (Lipinski definition) is 0. The van der Waals surface area contributed by atoms with Crippen molar-refractivity contribution >= 4 is 15.9 Å². The van der Waals surface area contributed by atoms with Gasteiger partial charge in [0.05, 0.1) is 6.10 Å². The number of methoxy groups -OCH3 is 1. The average Bonchev–Trinajstić information content (AvgIpc) is 2.40. The van der Waals surface area contributed by atoms with E-state index in [2.05, 4.69) is 40.2 Å². The first-order valence-electron chi connectivity index (χ1n) is 4.07. The van der Waals surface area contributed by atoms with E-state index < -0.39 is 0 Å². The zero-order valence-electron chi connectivity index (χ0n) is 6.96. The minimum Gasteiger partial charge on any atom is -0.376 e. The predicted octanol–water partition coefficient (Wildman–Crippen LogP) is 2.69. The fourth-order valence-electron chi connectivity index (χ4n) is 1.78. The maximum absolute atomic E-state index is 5.40. The molecular formula is C10H11BrO. The highest BCUT2D eigenvalue weighted by molar-refractivity contribution is 9.09. The van der Waals surface area contributed by atoms with E-state index in [9.17, 15) is 0 Å². The molecule has 2 atom stereocenters. The van der Waals surface area contributed by atoms with Gasteiger partial charge in [-0.1, -0.05) is 40.2 Å². The monoisotopic (exact) mass is 226 g/mol. The molecule has 2 rings (SSSR count). The lowest BCUT2D eigenvalue weighted by Gasteiger charge is -2.12. The molecule has 0 radical (unpaired) electrons. The molecule has 0 aliphatic heterocycles. The van der Waals surface area contributed by atoms with Crippen LogP contribution >= 0.6 is 15.9 Å². The fourth-order valence-corrected chi connectivity index (χ4v) is 2.63. The van der Waals surface area contributed by atoms with Gasteiger partial charge in [0.25, 0.3) is 0 Å². The molecule has 1 aliphatic carbocycles. The highest BCUT2D eigenvalue weighted by atomic mass is 79.9. The Balaban J connectivity index is 2.40. The molecule has 64 valence electrons. The molecule has 0 fully saturated rings. The Morgan fingerprint density at radius 1 is 1.42 bits per heavy atom. The van der Waals surface area contributed by atoms with E-state index in [1.54, 1.807) is 7.11 Å². The van der Waals surface area contributed by atoms with Gasteiger partial charge in [-0.3, -0.25) is 0 Å². The Bertz CT molecular complexity index is 285. The minimum absolute atomic E-state index is 0.237. The van der Waals surface area contributed by atoms with E-state index in [1.165, 1.54) is 11.1 Å². The lowest BCUT2D eigenvalue weighted by molar-refractivity contribution is 0.111. The summed E-state index contributed by atoms with van der Waals surface area (Å²) in [6, 6.07) is 8.46. The van der Waals surface area contributed by atoms with Crippen LogP contribution in [-0.4, -0.2) is 11.9 Å². The van der Waals surface area contributed by atoms with Crippen LogP contribution in [-0.2, 0) is 11.2 Å². The summed E-state index contributed by atoms with van der Waals surface area (Å²) in [4.78, 5) is 0.444. The van der Waals surface area contributed by atoms with Crippen LogP contribution in [0, 0.1) is 0 Å². The molecule has 0 saturated heterocycles. The summed E-state index contributed by atoms with van der Waals surface area (Å²) in [6.45, 7) is 0. The average molecular weight is 227 g/mol. The van der Waals surface area contributed by atoms with Gasteiger partial charge in [0.2, 0.25) is 0 Å². The lowest BCUT2D eigenvalue weighted by atomic mass is 10.1. The molecule has 0 spiro atoms. The fraction of sp³-hybridized carbons (Fsp3) is 0.400. The van der Waals surface area contributed by atoms with Crippen LogP contribution in [0.1, 0.15) is 17.2 Å². The van der Waals surface area contributed by atoms with Crippen LogP contribution in [0.2, 0.25) is 0 Å². The van der Waals surface area contributed by atoms with Crippen molar-refractivity contribution in [1.29, 1.82) is 0 Å². The third-order valence-corrected chi connectivity index (χ3v) is 3.16. The molecule has 0 N–H and O–H groups in total. The Morgan fingerprint density at radius 2 is 2.17 bits per heavy atom. The van der Waals surface area contributed by atoms with Crippen LogP contribution < -0.4 is 0 Å². The number of halogens is 1. The van der Waals surface area contributed by atoms with E-state index in [0.29, 0.717) is 4.83 Å². The Kier molecular flexibility index (Phi) is 2.20. The van der Waals surface area contributed by atoms with Crippen molar-refractivity contribution in [1.82, 2.24) is 0 Å². The van der Waals surface area contributed by atoms with Crippen molar-refractivity contribution < 1.29 is 4.74 Å². The molecule has 0 amide bonds. The second-order valence-electron chi connectivity index (χ2n) is 3.08. The first-order chi connectivity index (χ1) is 5.83. The summed E-state index contributed by atoms with van der Waals surface area (Å²) in [5.41, 5.74) is 2.74. The molecule has 1 aromatic rings.